The Morgan fingerprint density at radius 1 is 1.02 bits per heavy atom. The standard InChI is InChI=1S/C34H44FN7O4/c1-39(2)14-6-13-36-33(44)25-10-8-24(9-11-25)21-26-12-16-42-32(26)37-29-23-30(28(35)22-27(29)34(42)45)41-19-17-40(18-20-41)15-5-3-4-7-31(43)38-46/h8-11,21-23,46H,3-7,12-20H2,1-2H3,(H,36,44)(H,38,43). The lowest BCUT2D eigenvalue weighted by molar-refractivity contribution is -0.129. The van der Waals surface area contributed by atoms with Crippen molar-refractivity contribution < 1.29 is 19.2 Å². The zero-order chi connectivity index (χ0) is 32.6. The highest BCUT2D eigenvalue weighted by molar-refractivity contribution is 5.94. The fourth-order valence-corrected chi connectivity index (χ4v) is 6.10. The van der Waals surface area contributed by atoms with E-state index < -0.39 is 5.82 Å². The van der Waals surface area contributed by atoms with Gasteiger partial charge in [-0.05, 0) is 94.3 Å². The lowest BCUT2D eigenvalue weighted by atomic mass is 10.1. The van der Waals surface area contributed by atoms with Gasteiger partial charge in [-0.1, -0.05) is 18.6 Å². The first-order chi connectivity index (χ1) is 22.2. The second-order valence-electron chi connectivity index (χ2n) is 12.3. The molecular formula is C34H44FN7O4. The maximum absolute atomic E-state index is 15.4. The van der Waals surface area contributed by atoms with Crippen LogP contribution in [0.5, 0.6) is 0 Å². The number of amides is 2. The van der Waals surface area contributed by atoms with E-state index in [4.69, 9.17) is 10.2 Å². The minimum Gasteiger partial charge on any atom is -0.367 e. The van der Waals surface area contributed by atoms with Crippen molar-refractivity contribution in [3.8, 4) is 0 Å². The van der Waals surface area contributed by atoms with Gasteiger partial charge in [0.1, 0.15) is 11.6 Å². The summed E-state index contributed by atoms with van der Waals surface area (Å²) in [6.45, 7) is 5.82. The van der Waals surface area contributed by atoms with Crippen LogP contribution in [-0.2, 0) is 11.3 Å². The summed E-state index contributed by atoms with van der Waals surface area (Å²) in [6, 6.07) is 10.4. The molecule has 2 aliphatic rings. The molecular weight excluding hydrogens is 589 g/mol. The van der Waals surface area contributed by atoms with Crippen LogP contribution < -0.4 is 21.3 Å². The monoisotopic (exact) mass is 633 g/mol. The molecule has 3 N–H and O–H groups in total. The lowest BCUT2D eigenvalue weighted by Crippen LogP contribution is -2.47. The SMILES string of the molecule is CN(C)CCCNC(=O)c1ccc(C=C2CCn3c2nc2cc(N4CCN(CCCCCC(=O)NO)CC4)c(F)cc2c3=O)cc1. The molecule has 3 heterocycles. The van der Waals surface area contributed by atoms with Crippen molar-refractivity contribution in [1.29, 1.82) is 0 Å². The van der Waals surface area contributed by atoms with Crippen molar-refractivity contribution >= 4 is 40.1 Å². The maximum Gasteiger partial charge on any atom is 0.261 e. The molecule has 11 nitrogen and oxygen atoms in total. The Morgan fingerprint density at radius 2 is 1.78 bits per heavy atom. The normalized spacial score (nSPS) is 15.9. The predicted molar refractivity (Wildman–Crippen MR) is 177 cm³/mol. The van der Waals surface area contributed by atoms with Gasteiger partial charge in [0, 0.05) is 51.3 Å². The van der Waals surface area contributed by atoms with E-state index in [0.717, 1.165) is 63.0 Å². The number of carbonyl (C=O) groups is 2. The van der Waals surface area contributed by atoms with Gasteiger partial charge in [-0.25, -0.2) is 14.9 Å². The van der Waals surface area contributed by atoms with Gasteiger partial charge in [0.2, 0.25) is 5.91 Å². The Balaban J connectivity index is 1.24. The smallest absolute Gasteiger partial charge is 0.261 e. The Kier molecular flexibility index (Phi) is 11.2. The zero-order valence-corrected chi connectivity index (χ0v) is 26.7. The van der Waals surface area contributed by atoms with Gasteiger partial charge in [-0.3, -0.25) is 29.1 Å². The van der Waals surface area contributed by atoms with Crippen molar-refractivity contribution in [1.82, 2.24) is 30.1 Å². The average molecular weight is 634 g/mol. The summed E-state index contributed by atoms with van der Waals surface area (Å²) in [6.07, 6.45) is 6.41. The Morgan fingerprint density at radius 3 is 2.50 bits per heavy atom. The first-order valence-electron chi connectivity index (χ1n) is 16.1. The molecule has 0 aliphatic carbocycles. The van der Waals surface area contributed by atoms with E-state index in [1.165, 1.54) is 6.07 Å². The number of anilines is 1. The number of hydrogen-bond acceptors (Lipinski definition) is 8. The van der Waals surface area contributed by atoms with Gasteiger partial charge < -0.3 is 15.1 Å². The number of hydrogen-bond donors (Lipinski definition) is 3. The van der Waals surface area contributed by atoms with Crippen molar-refractivity contribution in [2.75, 3.05) is 64.8 Å². The summed E-state index contributed by atoms with van der Waals surface area (Å²) in [4.78, 5) is 48.3. The molecule has 12 heteroatoms. The summed E-state index contributed by atoms with van der Waals surface area (Å²) < 4.78 is 17.0. The summed E-state index contributed by atoms with van der Waals surface area (Å²) in [5, 5.41) is 11.8. The third-order valence-corrected chi connectivity index (χ3v) is 8.71. The van der Waals surface area contributed by atoms with Crippen molar-refractivity contribution in [2.45, 2.75) is 45.1 Å². The number of rotatable bonds is 13. The summed E-state index contributed by atoms with van der Waals surface area (Å²) >= 11 is 0. The van der Waals surface area contributed by atoms with Gasteiger partial charge in [0.05, 0.1) is 16.6 Å². The minimum atomic E-state index is -0.418. The molecule has 0 atom stereocenters. The van der Waals surface area contributed by atoms with Crippen LogP contribution in [0.4, 0.5) is 10.1 Å². The molecule has 2 aliphatic heterocycles. The van der Waals surface area contributed by atoms with Crippen molar-refractivity contribution in [3.05, 3.63) is 69.5 Å². The molecule has 2 aromatic carbocycles. The lowest BCUT2D eigenvalue weighted by Gasteiger charge is -2.36. The number of fused-ring (bicyclic) bond motifs is 2. The number of benzene rings is 2. The molecule has 0 spiro atoms. The van der Waals surface area contributed by atoms with Crippen LogP contribution in [0.15, 0.2) is 41.2 Å². The first-order valence-corrected chi connectivity index (χ1v) is 16.1. The molecule has 0 unspecified atom stereocenters. The zero-order valence-electron chi connectivity index (χ0n) is 26.7. The number of unbranched alkanes of at least 4 members (excludes halogenated alkanes) is 2. The average Bonchev–Trinajstić information content (AvgIpc) is 3.45. The van der Waals surface area contributed by atoms with E-state index in [2.05, 4.69) is 15.1 Å². The first kappa shape index (κ1) is 33.2. The van der Waals surface area contributed by atoms with E-state index >= 15 is 4.39 Å². The fourth-order valence-electron chi connectivity index (χ4n) is 6.10. The number of carbonyl (C=O) groups excluding carboxylic acids is 2. The minimum absolute atomic E-state index is 0.102. The second kappa shape index (κ2) is 15.4. The van der Waals surface area contributed by atoms with Gasteiger partial charge >= 0.3 is 0 Å². The van der Waals surface area contributed by atoms with Crippen LogP contribution in [-0.4, -0.2) is 96.3 Å². The highest BCUT2D eigenvalue weighted by Crippen LogP contribution is 2.30. The number of halogens is 1. The molecule has 2 amide bonds. The highest BCUT2D eigenvalue weighted by atomic mass is 19.1. The van der Waals surface area contributed by atoms with Gasteiger partial charge in [-0.15, -0.1) is 0 Å². The molecule has 0 bridgehead atoms. The number of allylic oxidation sites excluding steroid dienone is 1. The third-order valence-electron chi connectivity index (χ3n) is 8.71. The number of nitrogens with one attached hydrogen (secondary N) is 2. The quantitative estimate of drug-likeness (QED) is 0.149. The van der Waals surface area contributed by atoms with Crippen LogP contribution in [0.25, 0.3) is 22.6 Å². The molecule has 46 heavy (non-hydrogen) atoms. The Bertz CT molecular complexity index is 1630. The predicted octanol–water partition coefficient (Wildman–Crippen LogP) is 3.35. The number of hydroxylamine groups is 1. The van der Waals surface area contributed by atoms with E-state index in [-0.39, 0.29) is 22.8 Å². The summed E-state index contributed by atoms with van der Waals surface area (Å²) in [7, 11) is 4.01. The summed E-state index contributed by atoms with van der Waals surface area (Å²) in [5.74, 6) is -0.285. The molecule has 5 rings (SSSR count). The second-order valence-corrected chi connectivity index (χ2v) is 12.3. The topological polar surface area (TPSA) is 123 Å². The molecule has 0 saturated carbocycles. The summed E-state index contributed by atoms with van der Waals surface area (Å²) in [5.41, 5.74) is 4.79. The molecule has 1 saturated heterocycles. The maximum atomic E-state index is 15.4. The van der Waals surface area contributed by atoms with E-state index in [1.54, 1.807) is 28.2 Å². The number of nitrogens with zero attached hydrogens (tertiary/aromatic N) is 5. The van der Waals surface area contributed by atoms with E-state index in [0.29, 0.717) is 61.6 Å². The molecule has 246 valence electrons. The number of aromatic nitrogens is 2. The van der Waals surface area contributed by atoms with Crippen LogP contribution in [0.3, 0.4) is 0 Å². The molecule has 1 fully saturated rings. The fraction of sp³-hybridized carbons (Fsp3) is 0.471. The molecule has 1 aromatic heterocycles. The molecule has 3 aromatic rings. The number of piperazine rings is 1. The van der Waals surface area contributed by atoms with Gasteiger partial charge in [0.25, 0.3) is 11.5 Å². The van der Waals surface area contributed by atoms with Crippen molar-refractivity contribution in [2.24, 2.45) is 0 Å². The van der Waals surface area contributed by atoms with Crippen LogP contribution >= 0.6 is 0 Å². The van der Waals surface area contributed by atoms with E-state index in [1.807, 2.05) is 37.2 Å². The van der Waals surface area contributed by atoms with Crippen LogP contribution in [0.1, 0.15) is 60.3 Å². The highest BCUT2D eigenvalue weighted by Gasteiger charge is 2.24. The third kappa shape index (κ3) is 8.17. The Hall–Kier alpha value is -4.13. The van der Waals surface area contributed by atoms with Crippen LogP contribution in [0.2, 0.25) is 0 Å². The largest absolute Gasteiger partial charge is 0.367 e. The van der Waals surface area contributed by atoms with Crippen LogP contribution in [0, 0.1) is 5.82 Å². The Labute approximate surface area is 268 Å². The van der Waals surface area contributed by atoms with Gasteiger partial charge in [0.15, 0.2) is 0 Å². The van der Waals surface area contributed by atoms with Gasteiger partial charge in [-0.2, -0.15) is 0 Å². The van der Waals surface area contributed by atoms with Crippen molar-refractivity contribution in [3.63, 3.8) is 0 Å². The van der Waals surface area contributed by atoms with E-state index in [9.17, 15) is 14.4 Å². The molecule has 0 radical (unpaired) electrons.